The van der Waals surface area contributed by atoms with Gasteiger partial charge in [0.2, 0.25) is 0 Å². The van der Waals surface area contributed by atoms with Crippen LogP contribution in [0.25, 0.3) is 0 Å². The molecule has 8 heteroatoms. The Bertz CT molecular complexity index is 769. The lowest BCUT2D eigenvalue weighted by Crippen LogP contribution is -2.42. The number of hydrogen-bond acceptors (Lipinski definition) is 1. The van der Waals surface area contributed by atoms with Crippen molar-refractivity contribution in [3.8, 4) is 0 Å². The van der Waals surface area contributed by atoms with E-state index in [0.717, 1.165) is 24.3 Å². The summed E-state index contributed by atoms with van der Waals surface area (Å²) in [5, 5.41) is 2.61. The zero-order chi connectivity index (χ0) is 20.2. The Morgan fingerprint density at radius 1 is 1.07 bits per heavy atom. The second-order valence-corrected chi connectivity index (χ2v) is 6.31. The van der Waals surface area contributed by atoms with Crippen molar-refractivity contribution < 1.29 is 26.7 Å². The van der Waals surface area contributed by atoms with Gasteiger partial charge in [0.1, 0.15) is 11.6 Å². The first-order valence-electron chi connectivity index (χ1n) is 8.18. The maximum Gasteiger partial charge on any atom is 0.416 e. The predicted octanol–water partition coefficient (Wildman–Crippen LogP) is 4.76. The van der Waals surface area contributed by atoms with E-state index in [-0.39, 0.29) is 18.5 Å². The molecule has 2 aromatic rings. The molecule has 0 heterocycles. The van der Waals surface area contributed by atoms with Gasteiger partial charge < -0.3 is 10.2 Å². The molecule has 146 valence electrons. The SMILES string of the molecule is C[C@H](Cc1c(F)cccc1F)NC(=O)N(C)Cc1ccc(C(F)(F)F)cc1. The van der Waals surface area contributed by atoms with Crippen LogP contribution in [0.4, 0.5) is 26.7 Å². The topological polar surface area (TPSA) is 32.3 Å². The fourth-order valence-corrected chi connectivity index (χ4v) is 2.55. The molecule has 1 atom stereocenters. The highest BCUT2D eigenvalue weighted by Crippen LogP contribution is 2.29. The van der Waals surface area contributed by atoms with Crippen LogP contribution >= 0.6 is 0 Å². The first-order chi connectivity index (χ1) is 12.6. The Balaban J connectivity index is 1.93. The van der Waals surface area contributed by atoms with Gasteiger partial charge in [0, 0.05) is 25.2 Å². The minimum atomic E-state index is -4.42. The van der Waals surface area contributed by atoms with E-state index in [1.807, 2.05) is 0 Å². The van der Waals surface area contributed by atoms with Gasteiger partial charge in [-0.2, -0.15) is 13.2 Å². The number of halogens is 5. The smallest absolute Gasteiger partial charge is 0.335 e. The van der Waals surface area contributed by atoms with E-state index in [0.29, 0.717) is 5.56 Å². The summed E-state index contributed by atoms with van der Waals surface area (Å²) in [6.45, 7) is 1.69. The molecule has 0 aromatic heterocycles. The minimum absolute atomic E-state index is 0.0294. The number of hydrogen-bond donors (Lipinski definition) is 1. The van der Waals surface area contributed by atoms with Crippen LogP contribution in [0.1, 0.15) is 23.6 Å². The average Bonchev–Trinajstić information content (AvgIpc) is 2.58. The number of alkyl halides is 3. The molecule has 0 aliphatic heterocycles. The lowest BCUT2D eigenvalue weighted by atomic mass is 10.1. The highest BCUT2D eigenvalue weighted by atomic mass is 19.4. The largest absolute Gasteiger partial charge is 0.416 e. The van der Waals surface area contributed by atoms with Gasteiger partial charge in [-0.05, 0) is 43.2 Å². The molecule has 0 fully saturated rings. The summed E-state index contributed by atoms with van der Waals surface area (Å²) in [5.74, 6) is -1.37. The Morgan fingerprint density at radius 2 is 1.63 bits per heavy atom. The summed E-state index contributed by atoms with van der Waals surface area (Å²) in [5.41, 5.74) is -0.358. The normalized spacial score (nSPS) is 12.6. The van der Waals surface area contributed by atoms with E-state index in [1.165, 1.54) is 30.1 Å². The Labute approximate surface area is 153 Å². The van der Waals surface area contributed by atoms with Gasteiger partial charge in [-0.1, -0.05) is 18.2 Å². The monoisotopic (exact) mass is 386 g/mol. The first kappa shape index (κ1) is 20.7. The molecule has 0 spiro atoms. The molecule has 0 unspecified atom stereocenters. The van der Waals surface area contributed by atoms with Gasteiger partial charge in [0.05, 0.1) is 5.56 Å². The van der Waals surface area contributed by atoms with Crippen LogP contribution in [0, 0.1) is 11.6 Å². The third-order valence-corrected chi connectivity index (χ3v) is 3.99. The van der Waals surface area contributed by atoms with Gasteiger partial charge in [-0.25, -0.2) is 13.6 Å². The lowest BCUT2D eigenvalue weighted by molar-refractivity contribution is -0.137. The molecule has 27 heavy (non-hydrogen) atoms. The summed E-state index contributed by atoms with van der Waals surface area (Å²) >= 11 is 0. The van der Waals surface area contributed by atoms with Crippen LogP contribution in [-0.2, 0) is 19.1 Å². The highest BCUT2D eigenvalue weighted by Gasteiger charge is 2.30. The van der Waals surface area contributed by atoms with E-state index in [9.17, 15) is 26.7 Å². The van der Waals surface area contributed by atoms with Crippen molar-refractivity contribution in [1.29, 1.82) is 0 Å². The number of carbonyl (C=O) groups is 1. The number of rotatable bonds is 5. The zero-order valence-corrected chi connectivity index (χ0v) is 14.8. The fraction of sp³-hybridized carbons (Fsp3) is 0.316. The Hall–Kier alpha value is -2.64. The third-order valence-electron chi connectivity index (χ3n) is 3.99. The molecule has 0 saturated carbocycles. The zero-order valence-electron chi connectivity index (χ0n) is 14.8. The number of amides is 2. The van der Waals surface area contributed by atoms with Crippen molar-refractivity contribution in [2.75, 3.05) is 7.05 Å². The second kappa shape index (κ2) is 8.37. The van der Waals surface area contributed by atoms with Crippen LogP contribution in [0.2, 0.25) is 0 Å². The number of urea groups is 1. The molecule has 0 radical (unpaired) electrons. The van der Waals surface area contributed by atoms with Crippen molar-refractivity contribution in [3.63, 3.8) is 0 Å². The summed E-state index contributed by atoms with van der Waals surface area (Å²) in [4.78, 5) is 13.5. The number of carbonyl (C=O) groups excluding carboxylic acids is 1. The average molecular weight is 386 g/mol. The van der Waals surface area contributed by atoms with Gasteiger partial charge >= 0.3 is 12.2 Å². The summed E-state index contributed by atoms with van der Waals surface area (Å²) in [6.07, 6.45) is -4.45. The molecule has 0 aliphatic carbocycles. The minimum Gasteiger partial charge on any atom is -0.335 e. The second-order valence-electron chi connectivity index (χ2n) is 6.31. The molecule has 2 rings (SSSR count). The third kappa shape index (κ3) is 5.67. The molecule has 0 saturated heterocycles. The highest BCUT2D eigenvalue weighted by molar-refractivity contribution is 5.74. The standard InChI is InChI=1S/C19H19F5N2O/c1-12(10-15-16(20)4-3-5-17(15)21)25-18(27)26(2)11-13-6-8-14(9-7-13)19(22,23)24/h3-9,12H,10-11H2,1-2H3,(H,25,27)/t12-/m1/s1. The van der Waals surface area contributed by atoms with E-state index in [2.05, 4.69) is 5.32 Å². The molecule has 0 aliphatic rings. The summed E-state index contributed by atoms with van der Waals surface area (Å²) < 4.78 is 65.0. The summed E-state index contributed by atoms with van der Waals surface area (Å²) in [7, 11) is 1.48. The van der Waals surface area contributed by atoms with Crippen molar-refractivity contribution in [2.24, 2.45) is 0 Å². The number of nitrogens with zero attached hydrogens (tertiary/aromatic N) is 1. The summed E-state index contributed by atoms with van der Waals surface area (Å²) in [6, 6.07) is 6.99. The van der Waals surface area contributed by atoms with Crippen LogP contribution in [0.5, 0.6) is 0 Å². The van der Waals surface area contributed by atoms with Crippen molar-refractivity contribution in [3.05, 3.63) is 70.8 Å². The van der Waals surface area contributed by atoms with Crippen molar-refractivity contribution in [2.45, 2.75) is 32.1 Å². The van der Waals surface area contributed by atoms with Gasteiger partial charge in [-0.15, -0.1) is 0 Å². The Kier molecular flexibility index (Phi) is 6.41. The quantitative estimate of drug-likeness (QED) is 0.739. The van der Waals surface area contributed by atoms with Crippen molar-refractivity contribution >= 4 is 6.03 Å². The molecule has 1 N–H and O–H groups in total. The Morgan fingerprint density at radius 3 is 2.15 bits per heavy atom. The van der Waals surface area contributed by atoms with Crippen LogP contribution in [-0.4, -0.2) is 24.0 Å². The lowest BCUT2D eigenvalue weighted by Gasteiger charge is -2.22. The van der Waals surface area contributed by atoms with Gasteiger partial charge in [0.25, 0.3) is 0 Å². The maximum absolute atomic E-state index is 13.7. The van der Waals surface area contributed by atoms with Crippen molar-refractivity contribution in [1.82, 2.24) is 10.2 Å². The van der Waals surface area contributed by atoms with Gasteiger partial charge in [0.15, 0.2) is 0 Å². The molecule has 2 aromatic carbocycles. The first-order valence-corrected chi connectivity index (χ1v) is 8.18. The molecule has 3 nitrogen and oxygen atoms in total. The van der Waals surface area contributed by atoms with E-state index in [1.54, 1.807) is 6.92 Å². The molecular weight excluding hydrogens is 367 g/mol. The molecule has 2 amide bonds. The van der Waals surface area contributed by atoms with Crippen LogP contribution in [0.15, 0.2) is 42.5 Å². The number of nitrogens with one attached hydrogen (secondary N) is 1. The molecule has 0 bridgehead atoms. The number of benzene rings is 2. The van der Waals surface area contributed by atoms with Gasteiger partial charge in [-0.3, -0.25) is 0 Å². The fourth-order valence-electron chi connectivity index (χ4n) is 2.55. The van der Waals surface area contributed by atoms with E-state index < -0.39 is 35.4 Å². The molecular formula is C19H19F5N2O. The van der Waals surface area contributed by atoms with E-state index in [4.69, 9.17) is 0 Å². The maximum atomic E-state index is 13.7. The predicted molar refractivity (Wildman–Crippen MR) is 91.0 cm³/mol. The van der Waals surface area contributed by atoms with Crippen LogP contribution < -0.4 is 5.32 Å². The van der Waals surface area contributed by atoms with Crippen LogP contribution in [0.3, 0.4) is 0 Å². The van der Waals surface area contributed by atoms with E-state index >= 15 is 0 Å².